The van der Waals surface area contributed by atoms with E-state index in [1.165, 1.54) is 60.8 Å². The van der Waals surface area contributed by atoms with Crippen LogP contribution < -0.4 is 0 Å². The molecule has 0 amide bonds. The van der Waals surface area contributed by atoms with E-state index in [4.69, 9.17) is 14.4 Å². The smallest absolute Gasteiger partial charge is 0.160 e. The first-order chi connectivity index (χ1) is 32.7. The van der Waals surface area contributed by atoms with Crippen LogP contribution in [0.4, 0.5) is 0 Å². The highest BCUT2D eigenvalue weighted by molar-refractivity contribution is 6.09. The molecule has 308 valence electrons. The third-order valence-electron chi connectivity index (χ3n) is 13.6. The minimum Gasteiger partial charge on any atom is -0.456 e. The van der Waals surface area contributed by atoms with E-state index in [-0.39, 0.29) is 0 Å². The fraction of sp³-hybridized carbons (Fsp3) is 0.0159. The highest BCUT2D eigenvalue weighted by Crippen LogP contribution is 2.56. The molecule has 0 unspecified atom stereocenters. The van der Waals surface area contributed by atoms with E-state index in [0.29, 0.717) is 5.82 Å². The summed E-state index contributed by atoms with van der Waals surface area (Å²) >= 11 is 0. The third-order valence-corrected chi connectivity index (χ3v) is 13.6. The van der Waals surface area contributed by atoms with Gasteiger partial charge in [0.25, 0.3) is 0 Å². The van der Waals surface area contributed by atoms with Crippen molar-refractivity contribution in [2.24, 2.45) is 0 Å². The maximum atomic E-state index is 6.16. The van der Waals surface area contributed by atoms with E-state index >= 15 is 0 Å². The summed E-state index contributed by atoms with van der Waals surface area (Å²) in [4.78, 5) is 10.5. The Labute approximate surface area is 383 Å². The van der Waals surface area contributed by atoms with Gasteiger partial charge in [0.05, 0.1) is 16.8 Å². The quantitative estimate of drug-likeness (QED) is 0.160. The third kappa shape index (κ3) is 5.98. The van der Waals surface area contributed by atoms with Crippen LogP contribution in [0.1, 0.15) is 22.3 Å². The van der Waals surface area contributed by atoms with Crippen molar-refractivity contribution >= 4 is 32.7 Å². The molecule has 0 atom stereocenters. The Morgan fingerprint density at radius 2 is 0.803 bits per heavy atom. The molecule has 1 aliphatic rings. The molecule has 66 heavy (non-hydrogen) atoms. The summed E-state index contributed by atoms with van der Waals surface area (Å²) < 4.78 is 6.16. The second kappa shape index (κ2) is 15.3. The average Bonchev–Trinajstić information content (AvgIpc) is 3.92. The molecule has 0 aliphatic heterocycles. The molecule has 12 aromatic rings. The van der Waals surface area contributed by atoms with Crippen LogP contribution >= 0.6 is 0 Å². The van der Waals surface area contributed by atoms with Gasteiger partial charge in [0.1, 0.15) is 11.2 Å². The molecule has 3 heteroatoms. The van der Waals surface area contributed by atoms with Crippen molar-refractivity contribution in [3.63, 3.8) is 0 Å². The van der Waals surface area contributed by atoms with Gasteiger partial charge in [-0.2, -0.15) is 0 Å². The normalized spacial score (nSPS) is 12.7. The van der Waals surface area contributed by atoms with Crippen molar-refractivity contribution in [1.82, 2.24) is 9.97 Å². The summed E-state index contributed by atoms with van der Waals surface area (Å²) in [6.07, 6.45) is 0. The van der Waals surface area contributed by atoms with Gasteiger partial charge in [0, 0.05) is 27.5 Å². The topological polar surface area (TPSA) is 38.9 Å². The number of furan rings is 1. The molecular weight excluding hydrogens is 801 g/mol. The van der Waals surface area contributed by atoms with Gasteiger partial charge in [-0.3, -0.25) is 0 Å². The lowest BCUT2D eigenvalue weighted by atomic mass is 9.67. The van der Waals surface area contributed by atoms with E-state index in [1.54, 1.807) is 0 Å². The lowest BCUT2D eigenvalue weighted by Gasteiger charge is -2.33. The number of para-hydroxylation sites is 1. The van der Waals surface area contributed by atoms with Gasteiger partial charge in [-0.15, -0.1) is 0 Å². The Morgan fingerprint density at radius 1 is 0.288 bits per heavy atom. The standard InChI is InChI=1S/C63H40N2O/c1-4-16-43(17-5-1)62-64-58(40-59(65-62)45-32-36-57-54(39-45)52-24-12-14-26-56(52)63(57,46-18-6-2-7-19-46)47-20-8-3-9-21-47)42-30-28-41(29-31-42)48-34-35-49(51-23-11-10-22-50(48)51)44-33-37-61-55(38-44)53-25-13-15-27-60(53)66-61/h1-40H. The fourth-order valence-corrected chi connectivity index (χ4v) is 10.6. The largest absolute Gasteiger partial charge is 0.456 e. The molecule has 10 aromatic carbocycles. The van der Waals surface area contributed by atoms with Crippen LogP contribution in [-0.4, -0.2) is 9.97 Å². The zero-order chi connectivity index (χ0) is 43.6. The van der Waals surface area contributed by atoms with Crippen molar-refractivity contribution < 1.29 is 4.42 Å². The molecule has 2 heterocycles. The van der Waals surface area contributed by atoms with E-state index in [2.05, 4.69) is 212 Å². The van der Waals surface area contributed by atoms with Crippen LogP contribution in [-0.2, 0) is 5.41 Å². The molecule has 0 fully saturated rings. The Balaban J connectivity index is 0.910. The van der Waals surface area contributed by atoms with Gasteiger partial charge in [0.2, 0.25) is 0 Å². The number of aromatic nitrogens is 2. The van der Waals surface area contributed by atoms with Crippen LogP contribution in [0.2, 0.25) is 0 Å². The lowest BCUT2D eigenvalue weighted by Crippen LogP contribution is -2.28. The first kappa shape index (κ1) is 37.9. The number of rotatable bonds is 7. The number of fused-ring (bicyclic) bond motifs is 7. The molecule has 1 aliphatic carbocycles. The summed E-state index contributed by atoms with van der Waals surface area (Å²) in [6, 6.07) is 87.0. The van der Waals surface area contributed by atoms with Crippen LogP contribution in [0.5, 0.6) is 0 Å². The molecule has 0 saturated heterocycles. The monoisotopic (exact) mass is 840 g/mol. The zero-order valence-electron chi connectivity index (χ0n) is 35.9. The molecule has 13 rings (SSSR count). The van der Waals surface area contributed by atoms with Crippen LogP contribution in [0.25, 0.3) is 100.0 Å². The molecular formula is C63H40N2O. The Kier molecular flexibility index (Phi) is 8.75. The molecule has 0 bridgehead atoms. The fourth-order valence-electron chi connectivity index (χ4n) is 10.6. The number of benzene rings is 10. The molecule has 0 spiro atoms. The predicted octanol–water partition coefficient (Wildman–Crippen LogP) is 16.2. The van der Waals surface area contributed by atoms with Gasteiger partial charge in [-0.1, -0.05) is 212 Å². The van der Waals surface area contributed by atoms with E-state index in [0.717, 1.165) is 55.6 Å². The van der Waals surface area contributed by atoms with E-state index in [9.17, 15) is 0 Å². The molecule has 0 saturated carbocycles. The number of nitrogens with zero attached hydrogens (tertiary/aromatic N) is 2. The number of hydrogen-bond acceptors (Lipinski definition) is 3. The van der Waals surface area contributed by atoms with Crippen molar-refractivity contribution in [2.45, 2.75) is 5.41 Å². The van der Waals surface area contributed by atoms with Crippen molar-refractivity contribution in [3.05, 3.63) is 265 Å². The van der Waals surface area contributed by atoms with E-state index in [1.807, 2.05) is 30.3 Å². The van der Waals surface area contributed by atoms with Gasteiger partial charge in [0.15, 0.2) is 5.82 Å². The second-order valence-corrected chi connectivity index (χ2v) is 17.2. The van der Waals surface area contributed by atoms with Crippen LogP contribution in [0.3, 0.4) is 0 Å². The Bertz CT molecular complexity index is 3760. The molecule has 0 radical (unpaired) electrons. The average molecular weight is 841 g/mol. The summed E-state index contributed by atoms with van der Waals surface area (Å²) in [5, 5.41) is 4.68. The second-order valence-electron chi connectivity index (χ2n) is 17.2. The molecule has 2 aromatic heterocycles. The molecule has 0 N–H and O–H groups in total. The zero-order valence-corrected chi connectivity index (χ0v) is 35.9. The highest BCUT2D eigenvalue weighted by Gasteiger charge is 2.46. The summed E-state index contributed by atoms with van der Waals surface area (Å²) in [5.41, 5.74) is 18.4. The first-order valence-electron chi connectivity index (χ1n) is 22.6. The van der Waals surface area contributed by atoms with Gasteiger partial charge in [-0.05, 0) is 96.7 Å². The highest BCUT2D eigenvalue weighted by atomic mass is 16.3. The SMILES string of the molecule is c1ccc(-c2nc(-c3ccc(-c4ccc(-c5ccc6oc7ccccc7c6c5)c5ccccc45)cc3)cc(-c3ccc4c(c3)-c3ccccc3C4(c3ccccc3)c3ccccc3)n2)cc1. The summed E-state index contributed by atoms with van der Waals surface area (Å²) in [5.74, 6) is 0.694. The van der Waals surface area contributed by atoms with Gasteiger partial charge < -0.3 is 4.42 Å². The van der Waals surface area contributed by atoms with Gasteiger partial charge >= 0.3 is 0 Å². The molecule has 3 nitrogen and oxygen atoms in total. The maximum Gasteiger partial charge on any atom is 0.160 e. The predicted molar refractivity (Wildman–Crippen MR) is 271 cm³/mol. The van der Waals surface area contributed by atoms with Crippen molar-refractivity contribution in [3.8, 4) is 67.3 Å². The van der Waals surface area contributed by atoms with Gasteiger partial charge in [-0.25, -0.2) is 9.97 Å². The maximum absolute atomic E-state index is 6.16. The minimum absolute atomic E-state index is 0.462. The lowest BCUT2D eigenvalue weighted by molar-refractivity contribution is 0.669. The van der Waals surface area contributed by atoms with Crippen LogP contribution in [0.15, 0.2) is 247 Å². The summed E-state index contributed by atoms with van der Waals surface area (Å²) in [6.45, 7) is 0. The Hall–Kier alpha value is -8.66. The Morgan fingerprint density at radius 3 is 1.52 bits per heavy atom. The summed E-state index contributed by atoms with van der Waals surface area (Å²) in [7, 11) is 0. The van der Waals surface area contributed by atoms with Crippen molar-refractivity contribution in [2.75, 3.05) is 0 Å². The minimum atomic E-state index is -0.462. The van der Waals surface area contributed by atoms with Crippen molar-refractivity contribution in [1.29, 1.82) is 0 Å². The number of hydrogen-bond donors (Lipinski definition) is 0. The first-order valence-corrected chi connectivity index (χ1v) is 22.6. The van der Waals surface area contributed by atoms with E-state index < -0.39 is 5.41 Å². The van der Waals surface area contributed by atoms with Crippen LogP contribution in [0, 0.1) is 0 Å².